The van der Waals surface area contributed by atoms with E-state index in [9.17, 15) is 5.11 Å². The van der Waals surface area contributed by atoms with Crippen LogP contribution in [0.3, 0.4) is 0 Å². The van der Waals surface area contributed by atoms with Gasteiger partial charge in [0.2, 0.25) is 0 Å². The predicted octanol–water partition coefficient (Wildman–Crippen LogP) is 2.48. The van der Waals surface area contributed by atoms with Crippen LogP contribution < -0.4 is 0 Å². The van der Waals surface area contributed by atoms with Crippen molar-refractivity contribution in [1.29, 1.82) is 0 Å². The minimum atomic E-state index is 0.285. The van der Waals surface area contributed by atoms with Gasteiger partial charge < -0.3 is 5.11 Å². The number of nitrogens with zero attached hydrogens (tertiary/aromatic N) is 2. The van der Waals surface area contributed by atoms with Crippen LogP contribution in [0.1, 0.15) is 18.7 Å². The molecule has 2 aromatic rings. The first-order valence-corrected chi connectivity index (χ1v) is 6.65. The van der Waals surface area contributed by atoms with Crippen LogP contribution in [0, 0.1) is 0 Å². The summed E-state index contributed by atoms with van der Waals surface area (Å²) in [5.41, 5.74) is 0.970. The third-order valence-electron chi connectivity index (χ3n) is 3.04. The highest BCUT2D eigenvalue weighted by Gasteiger charge is 2.18. The monoisotopic (exact) mass is 234 g/mol. The lowest BCUT2D eigenvalue weighted by Crippen LogP contribution is -2.06. The van der Waals surface area contributed by atoms with Gasteiger partial charge in [-0.1, -0.05) is 6.07 Å². The van der Waals surface area contributed by atoms with E-state index in [0.29, 0.717) is 5.25 Å². The zero-order valence-electron chi connectivity index (χ0n) is 8.97. The van der Waals surface area contributed by atoms with Gasteiger partial charge in [0.15, 0.2) is 5.88 Å². The van der Waals surface area contributed by atoms with Crippen molar-refractivity contribution in [2.75, 3.05) is 5.75 Å². The molecule has 1 N–H and O–H groups in total. The van der Waals surface area contributed by atoms with Gasteiger partial charge in [0.25, 0.3) is 0 Å². The quantitative estimate of drug-likeness (QED) is 0.867. The first-order chi connectivity index (χ1) is 7.84. The fourth-order valence-electron chi connectivity index (χ4n) is 2.25. The molecule has 4 heteroatoms. The van der Waals surface area contributed by atoms with Crippen LogP contribution in [0.4, 0.5) is 0 Å². The SMILES string of the molecule is Oc1cccc2cnc(CC3CCCS3)n12. The Hall–Kier alpha value is -1.16. The lowest BCUT2D eigenvalue weighted by molar-refractivity contribution is 0.442. The number of pyridine rings is 1. The second-order valence-electron chi connectivity index (χ2n) is 4.16. The molecule has 1 fully saturated rings. The van der Waals surface area contributed by atoms with E-state index < -0.39 is 0 Å². The van der Waals surface area contributed by atoms with Gasteiger partial charge in [0.05, 0.1) is 11.7 Å². The van der Waals surface area contributed by atoms with E-state index in [1.165, 1.54) is 18.6 Å². The molecule has 3 heterocycles. The molecule has 3 rings (SSSR count). The van der Waals surface area contributed by atoms with Crippen LogP contribution in [0.2, 0.25) is 0 Å². The standard InChI is InChI=1S/C12H14N2OS/c15-12-5-1-3-9-8-13-11(14(9)12)7-10-4-2-6-16-10/h1,3,5,8,10,15H,2,4,6-7H2. The number of imidazole rings is 1. The molecular weight excluding hydrogens is 220 g/mol. The molecule has 3 nitrogen and oxygen atoms in total. The molecule has 0 bridgehead atoms. The van der Waals surface area contributed by atoms with Gasteiger partial charge in [0, 0.05) is 11.7 Å². The molecule has 1 aliphatic heterocycles. The molecule has 84 valence electrons. The van der Waals surface area contributed by atoms with Crippen molar-refractivity contribution in [2.24, 2.45) is 0 Å². The second kappa shape index (κ2) is 4.01. The highest BCUT2D eigenvalue weighted by molar-refractivity contribution is 8.00. The molecule has 16 heavy (non-hydrogen) atoms. The summed E-state index contributed by atoms with van der Waals surface area (Å²) >= 11 is 2.02. The molecule has 0 saturated carbocycles. The zero-order chi connectivity index (χ0) is 11.0. The van der Waals surface area contributed by atoms with Crippen molar-refractivity contribution in [3.8, 4) is 5.88 Å². The first-order valence-electron chi connectivity index (χ1n) is 5.60. The van der Waals surface area contributed by atoms with Crippen LogP contribution in [0.5, 0.6) is 5.88 Å². The van der Waals surface area contributed by atoms with Crippen molar-refractivity contribution in [1.82, 2.24) is 9.38 Å². The normalized spacial score (nSPS) is 20.6. The molecule has 0 radical (unpaired) electrons. The molecule has 0 aliphatic carbocycles. The third kappa shape index (κ3) is 1.67. The predicted molar refractivity (Wildman–Crippen MR) is 66.0 cm³/mol. The van der Waals surface area contributed by atoms with E-state index in [1.807, 2.05) is 34.5 Å². The van der Waals surface area contributed by atoms with E-state index in [-0.39, 0.29) is 5.88 Å². The summed E-state index contributed by atoms with van der Waals surface area (Å²) in [5.74, 6) is 2.53. The molecule has 1 atom stereocenters. The summed E-state index contributed by atoms with van der Waals surface area (Å²) in [4.78, 5) is 4.41. The van der Waals surface area contributed by atoms with E-state index in [2.05, 4.69) is 4.98 Å². The molecule has 0 amide bonds. The lowest BCUT2D eigenvalue weighted by Gasteiger charge is -2.08. The number of thioether (sulfide) groups is 1. The molecule has 1 aliphatic rings. The summed E-state index contributed by atoms with van der Waals surface area (Å²) < 4.78 is 1.85. The summed E-state index contributed by atoms with van der Waals surface area (Å²) in [6.07, 6.45) is 5.36. The minimum Gasteiger partial charge on any atom is -0.494 e. The molecular formula is C12H14N2OS. The average molecular weight is 234 g/mol. The summed E-state index contributed by atoms with van der Waals surface area (Å²) in [5, 5.41) is 10.5. The van der Waals surface area contributed by atoms with Crippen molar-refractivity contribution in [2.45, 2.75) is 24.5 Å². The van der Waals surface area contributed by atoms with Crippen molar-refractivity contribution in [3.05, 3.63) is 30.2 Å². The van der Waals surface area contributed by atoms with Crippen LogP contribution in [-0.2, 0) is 6.42 Å². The Balaban J connectivity index is 1.97. The van der Waals surface area contributed by atoms with Crippen LogP contribution in [0.15, 0.2) is 24.4 Å². The Morgan fingerprint density at radius 1 is 1.50 bits per heavy atom. The fraction of sp³-hybridized carbons (Fsp3) is 0.417. The Morgan fingerprint density at radius 3 is 3.25 bits per heavy atom. The fourth-order valence-corrected chi connectivity index (χ4v) is 3.51. The zero-order valence-corrected chi connectivity index (χ0v) is 9.78. The molecule has 2 aromatic heterocycles. The Labute approximate surface area is 98.5 Å². The van der Waals surface area contributed by atoms with Crippen molar-refractivity contribution >= 4 is 17.3 Å². The maximum Gasteiger partial charge on any atom is 0.197 e. The van der Waals surface area contributed by atoms with Crippen molar-refractivity contribution in [3.63, 3.8) is 0 Å². The second-order valence-corrected chi connectivity index (χ2v) is 5.57. The van der Waals surface area contributed by atoms with E-state index in [0.717, 1.165) is 17.8 Å². The van der Waals surface area contributed by atoms with Gasteiger partial charge in [0.1, 0.15) is 5.82 Å². The van der Waals surface area contributed by atoms with Gasteiger partial charge in [-0.25, -0.2) is 4.98 Å². The van der Waals surface area contributed by atoms with E-state index >= 15 is 0 Å². The number of fused-ring (bicyclic) bond motifs is 1. The Kier molecular flexibility index (Phi) is 2.52. The molecule has 1 unspecified atom stereocenters. The van der Waals surface area contributed by atoms with E-state index in [1.54, 1.807) is 6.07 Å². The van der Waals surface area contributed by atoms with Crippen LogP contribution in [0.25, 0.3) is 5.52 Å². The van der Waals surface area contributed by atoms with Gasteiger partial charge in [-0.3, -0.25) is 4.40 Å². The summed E-state index contributed by atoms with van der Waals surface area (Å²) in [6, 6.07) is 5.53. The van der Waals surface area contributed by atoms with Crippen LogP contribution in [-0.4, -0.2) is 25.5 Å². The Morgan fingerprint density at radius 2 is 2.44 bits per heavy atom. The first kappa shape index (κ1) is 10.0. The molecule has 0 aromatic carbocycles. The van der Waals surface area contributed by atoms with Gasteiger partial charge in [-0.05, 0) is 30.7 Å². The third-order valence-corrected chi connectivity index (χ3v) is 4.44. The highest BCUT2D eigenvalue weighted by atomic mass is 32.2. The lowest BCUT2D eigenvalue weighted by atomic mass is 10.2. The maximum absolute atomic E-state index is 9.83. The van der Waals surface area contributed by atoms with E-state index in [4.69, 9.17) is 0 Å². The largest absolute Gasteiger partial charge is 0.494 e. The minimum absolute atomic E-state index is 0.285. The van der Waals surface area contributed by atoms with Crippen LogP contribution >= 0.6 is 11.8 Å². The molecule has 1 saturated heterocycles. The summed E-state index contributed by atoms with van der Waals surface area (Å²) in [7, 11) is 0. The number of rotatable bonds is 2. The number of hydrogen-bond acceptors (Lipinski definition) is 3. The molecule has 0 spiro atoms. The smallest absolute Gasteiger partial charge is 0.197 e. The Bertz CT molecular complexity index is 503. The number of aromatic hydroxyl groups is 1. The van der Waals surface area contributed by atoms with Gasteiger partial charge in [-0.2, -0.15) is 11.8 Å². The van der Waals surface area contributed by atoms with Gasteiger partial charge >= 0.3 is 0 Å². The summed E-state index contributed by atoms with van der Waals surface area (Å²) in [6.45, 7) is 0. The highest BCUT2D eigenvalue weighted by Crippen LogP contribution is 2.29. The number of hydrogen-bond donors (Lipinski definition) is 1. The van der Waals surface area contributed by atoms with Crippen molar-refractivity contribution < 1.29 is 5.11 Å². The maximum atomic E-state index is 9.83. The topological polar surface area (TPSA) is 37.5 Å². The average Bonchev–Trinajstić information content (AvgIpc) is 2.90. The van der Waals surface area contributed by atoms with Gasteiger partial charge in [-0.15, -0.1) is 0 Å². The number of aromatic nitrogens is 2.